The van der Waals surface area contributed by atoms with Gasteiger partial charge in [-0.15, -0.1) is 0 Å². The van der Waals surface area contributed by atoms with Crippen LogP contribution in [0, 0.1) is 0 Å². The molecule has 2 aromatic carbocycles. The number of carbonyl (C=O) groups is 2. The summed E-state index contributed by atoms with van der Waals surface area (Å²) >= 11 is 3.24. The van der Waals surface area contributed by atoms with E-state index in [1.165, 1.54) is 12.1 Å². The van der Waals surface area contributed by atoms with E-state index in [2.05, 4.69) is 20.7 Å². The van der Waals surface area contributed by atoms with Crippen molar-refractivity contribution in [2.24, 2.45) is 0 Å². The molecule has 0 bridgehead atoms. The van der Waals surface area contributed by atoms with Gasteiger partial charge in [0.2, 0.25) is 21.8 Å². The Labute approximate surface area is 160 Å². The maximum atomic E-state index is 12.3. The van der Waals surface area contributed by atoms with Crippen molar-refractivity contribution in [2.75, 3.05) is 13.1 Å². The molecule has 1 atom stereocenters. The molecule has 1 aliphatic heterocycles. The number of rotatable bonds is 5. The van der Waals surface area contributed by atoms with Crippen molar-refractivity contribution in [3.8, 4) is 0 Å². The highest BCUT2D eigenvalue weighted by Crippen LogP contribution is 2.27. The predicted molar refractivity (Wildman–Crippen MR) is 99.9 cm³/mol. The summed E-state index contributed by atoms with van der Waals surface area (Å²) in [6.07, 6.45) is 0.245. The fraction of sp³-hybridized carbons (Fsp3) is 0.222. The summed E-state index contributed by atoms with van der Waals surface area (Å²) < 4.78 is 27.5. The lowest BCUT2D eigenvalue weighted by Crippen LogP contribution is -2.40. The molecule has 0 saturated carbocycles. The molecule has 1 aliphatic rings. The SMILES string of the molecule is O=C(CNS(=O)(=O)c1ccc(Br)cc1)N1CC(c2ccccc2)CC1=O. The van der Waals surface area contributed by atoms with Crippen molar-refractivity contribution in [1.29, 1.82) is 0 Å². The van der Waals surface area contributed by atoms with Gasteiger partial charge < -0.3 is 0 Å². The highest BCUT2D eigenvalue weighted by Gasteiger charge is 2.34. The van der Waals surface area contributed by atoms with Gasteiger partial charge in [-0.25, -0.2) is 13.1 Å². The van der Waals surface area contributed by atoms with Crippen LogP contribution in [-0.4, -0.2) is 38.2 Å². The van der Waals surface area contributed by atoms with Crippen molar-refractivity contribution < 1.29 is 18.0 Å². The Bertz CT molecular complexity index is 914. The van der Waals surface area contributed by atoms with Gasteiger partial charge in [0.15, 0.2) is 0 Å². The lowest BCUT2D eigenvalue weighted by Gasteiger charge is -2.15. The molecule has 0 aliphatic carbocycles. The van der Waals surface area contributed by atoms with Gasteiger partial charge in [0.1, 0.15) is 0 Å². The number of benzene rings is 2. The van der Waals surface area contributed by atoms with Gasteiger partial charge in [0.25, 0.3) is 0 Å². The highest BCUT2D eigenvalue weighted by molar-refractivity contribution is 9.10. The van der Waals surface area contributed by atoms with Crippen LogP contribution in [-0.2, 0) is 19.6 Å². The molecule has 1 saturated heterocycles. The van der Waals surface area contributed by atoms with Crippen LogP contribution in [0.1, 0.15) is 17.9 Å². The number of halogens is 1. The normalized spacial score (nSPS) is 17.5. The minimum atomic E-state index is -3.81. The molecule has 26 heavy (non-hydrogen) atoms. The minimum Gasteiger partial charge on any atom is -0.281 e. The number of nitrogens with zero attached hydrogens (tertiary/aromatic N) is 1. The molecule has 0 radical (unpaired) electrons. The van der Waals surface area contributed by atoms with E-state index in [1.807, 2.05) is 30.3 Å². The second-order valence-electron chi connectivity index (χ2n) is 5.99. The molecule has 1 fully saturated rings. The zero-order valence-electron chi connectivity index (χ0n) is 13.8. The summed E-state index contributed by atoms with van der Waals surface area (Å²) in [6.45, 7) is -0.187. The lowest BCUT2D eigenvalue weighted by atomic mass is 9.99. The Morgan fingerprint density at radius 2 is 1.77 bits per heavy atom. The molecule has 6 nitrogen and oxygen atoms in total. The van der Waals surface area contributed by atoms with E-state index < -0.39 is 22.5 Å². The zero-order chi connectivity index (χ0) is 18.7. The number of hydrogen-bond donors (Lipinski definition) is 1. The number of carbonyl (C=O) groups excluding carboxylic acids is 2. The Hall–Kier alpha value is -2.03. The average molecular weight is 437 g/mol. The fourth-order valence-corrected chi connectivity index (χ4v) is 4.09. The van der Waals surface area contributed by atoms with Crippen LogP contribution in [0.2, 0.25) is 0 Å². The Kier molecular flexibility index (Phi) is 5.55. The molecule has 2 aromatic rings. The van der Waals surface area contributed by atoms with Crippen LogP contribution in [0.25, 0.3) is 0 Å². The summed E-state index contributed by atoms with van der Waals surface area (Å²) in [6, 6.07) is 15.6. The third-order valence-electron chi connectivity index (χ3n) is 4.23. The molecule has 1 N–H and O–H groups in total. The second-order valence-corrected chi connectivity index (χ2v) is 8.67. The van der Waals surface area contributed by atoms with Crippen molar-refractivity contribution >= 4 is 37.8 Å². The van der Waals surface area contributed by atoms with Crippen LogP contribution < -0.4 is 4.72 Å². The predicted octanol–water partition coefficient (Wildman–Crippen LogP) is 2.27. The molecule has 136 valence electrons. The lowest BCUT2D eigenvalue weighted by molar-refractivity contribution is -0.141. The first kappa shape index (κ1) is 18.8. The smallest absolute Gasteiger partial charge is 0.244 e. The summed E-state index contributed by atoms with van der Waals surface area (Å²) in [5, 5.41) is 0. The Balaban J connectivity index is 1.63. The van der Waals surface area contributed by atoms with Gasteiger partial charge in [0.05, 0.1) is 11.4 Å². The number of likely N-dealkylation sites (tertiary alicyclic amines) is 1. The summed E-state index contributed by atoms with van der Waals surface area (Å²) in [5.41, 5.74) is 0.992. The van der Waals surface area contributed by atoms with Gasteiger partial charge in [-0.1, -0.05) is 46.3 Å². The van der Waals surface area contributed by atoms with Gasteiger partial charge in [0, 0.05) is 23.4 Å². The molecular weight excluding hydrogens is 420 g/mol. The van der Waals surface area contributed by atoms with Gasteiger partial charge in [-0.05, 0) is 29.8 Å². The average Bonchev–Trinajstić information content (AvgIpc) is 3.03. The number of amides is 2. The van der Waals surface area contributed by atoms with E-state index in [1.54, 1.807) is 12.1 Å². The largest absolute Gasteiger partial charge is 0.281 e. The first-order chi connectivity index (χ1) is 12.4. The van der Waals surface area contributed by atoms with Gasteiger partial charge >= 0.3 is 0 Å². The van der Waals surface area contributed by atoms with Crippen LogP contribution in [0.5, 0.6) is 0 Å². The van der Waals surface area contributed by atoms with Crippen molar-refractivity contribution in [1.82, 2.24) is 9.62 Å². The van der Waals surface area contributed by atoms with E-state index in [0.29, 0.717) is 0 Å². The molecular formula is C18H17BrN2O4S. The third-order valence-corrected chi connectivity index (χ3v) is 6.18. The van der Waals surface area contributed by atoms with Crippen molar-refractivity contribution in [2.45, 2.75) is 17.2 Å². The van der Waals surface area contributed by atoms with Crippen molar-refractivity contribution in [3.63, 3.8) is 0 Å². The Morgan fingerprint density at radius 3 is 2.42 bits per heavy atom. The van der Waals surface area contributed by atoms with Crippen molar-refractivity contribution in [3.05, 3.63) is 64.6 Å². The molecule has 1 unspecified atom stereocenters. The summed E-state index contributed by atoms with van der Waals surface area (Å²) in [4.78, 5) is 25.7. The van der Waals surface area contributed by atoms with Crippen LogP contribution in [0.3, 0.4) is 0 Å². The minimum absolute atomic E-state index is 0.0587. The van der Waals surface area contributed by atoms with Crippen LogP contribution in [0.4, 0.5) is 0 Å². The van der Waals surface area contributed by atoms with E-state index in [0.717, 1.165) is 14.9 Å². The number of hydrogen-bond acceptors (Lipinski definition) is 4. The van der Waals surface area contributed by atoms with E-state index in [4.69, 9.17) is 0 Å². The number of imide groups is 1. The number of sulfonamides is 1. The first-order valence-corrected chi connectivity index (χ1v) is 10.3. The molecule has 1 heterocycles. The monoisotopic (exact) mass is 436 g/mol. The van der Waals surface area contributed by atoms with E-state index in [-0.39, 0.29) is 29.7 Å². The molecule has 0 spiro atoms. The Morgan fingerprint density at radius 1 is 1.12 bits per heavy atom. The number of nitrogens with one attached hydrogen (secondary N) is 1. The first-order valence-electron chi connectivity index (χ1n) is 8.00. The standard InChI is InChI=1S/C18H17BrN2O4S/c19-15-6-8-16(9-7-15)26(24,25)20-11-18(23)21-12-14(10-17(21)22)13-4-2-1-3-5-13/h1-9,14,20H,10-12H2. The maximum absolute atomic E-state index is 12.3. The summed E-state index contributed by atoms with van der Waals surface area (Å²) in [7, 11) is -3.81. The highest BCUT2D eigenvalue weighted by atomic mass is 79.9. The van der Waals surface area contributed by atoms with Crippen LogP contribution in [0.15, 0.2) is 64.0 Å². The second kappa shape index (κ2) is 7.69. The zero-order valence-corrected chi connectivity index (χ0v) is 16.2. The molecule has 8 heteroatoms. The maximum Gasteiger partial charge on any atom is 0.244 e. The fourth-order valence-electron chi connectivity index (χ4n) is 2.85. The van der Waals surface area contributed by atoms with E-state index >= 15 is 0 Å². The molecule has 2 amide bonds. The molecule has 3 rings (SSSR count). The van der Waals surface area contributed by atoms with E-state index in [9.17, 15) is 18.0 Å². The quantitative estimate of drug-likeness (QED) is 0.778. The summed E-state index contributed by atoms with van der Waals surface area (Å²) in [5.74, 6) is -0.892. The van der Waals surface area contributed by atoms with Gasteiger partial charge in [-0.2, -0.15) is 0 Å². The topological polar surface area (TPSA) is 83.6 Å². The van der Waals surface area contributed by atoms with Crippen LogP contribution >= 0.6 is 15.9 Å². The third kappa shape index (κ3) is 4.20. The molecule has 0 aromatic heterocycles. The van der Waals surface area contributed by atoms with Gasteiger partial charge in [-0.3, -0.25) is 14.5 Å².